The lowest BCUT2D eigenvalue weighted by Gasteiger charge is -2.43. The van der Waals surface area contributed by atoms with E-state index in [1.165, 1.54) is 6.92 Å². The van der Waals surface area contributed by atoms with Crippen LogP contribution in [0.5, 0.6) is 0 Å². The Morgan fingerprint density at radius 3 is 2.72 bits per heavy atom. The van der Waals surface area contributed by atoms with Gasteiger partial charge in [0.1, 0.15) is 24.4 Å². The molecule has 5 atom stereocenters. The number of aliphatic hydroxyl groups excluding tert-OH is 1. The van der Waals surface area contributed by atoms with E-state index in [1.54, 1.807) is 24.5 Å². The Morgan fingerprint density at radius 1 is 1.16 bits per heavy atom. The van der Waals surface area contributed by atoms with Crippen molar-refractivity contribution in [2.24, 2.45) is 5.92 Å². The van der Waals surface area contributed by atoms with Crippen molar-refractivity contribution in [2.45, 2.75) is 62.4 Å². The van der Waals surface area contributed by atoms with Gasteiger partial charge in [-0.3, -0.25) is 9.78 Å². The van der Waals surface area contributed by atoms with Gasteiger partial charge in [0.25, 0.3) is 0 Å². The number of aliphatic hydroxyl groups is 1. The standard InChI is InChI=1S/C31H28F6N4O2/c1-16-21(22-10-20(32)11-24(33)26(22)34)9-18(28(42)41(16)15-31(35,36)37)5-2-4-17-8-19-12-30(13-25(19)39-14-17)23-6-3-7-38-27(23)40-29(30)43/h2-4,6-8,10-11,14,16,18,21,29,43H,5,9,12-13,15H2,1H3,(H,38,40)/b4-2+/t16?,18?,21?,29?,30-/m0/s1. The lowest BCUT2D eigenvalue weighted by atomic mass is 9.77. The molecule has 1 amide bonds. The summed E-state index contributed by atoms with van der Waals surface area (Å²) in [4.78, 5) is 22.7. The second-order valence-corrected chi connectivity index (χ2v) is 11.6. The van der Waals surface area contributed by atoms with Crippen molar-refractivity contribution >= 4 is 17.8 Å². The van der Waals surface area contributed by atoms with Gasteiger partial charge in [-0.05, 0) is 61.1 Å². The van der Waals surface area contributed by atoms with Crippen molar-refractivity contribution in [1.82, 2.24) is 14.9 Å². The molecule has 0 saturated carbocycles. The van der Waals surface area contributed by atoms with Crippen LogP contribution >= 0.6 is 0 Å². The number of aromatic nitrogens is 2. The first-order valence-corrected chi connectivity index (χ1v) is 13.9. The number of piperidine rings is 1. The molecule has 0 radical (unpaired) electrons. The summed E-state index contributed by atoms with van der Waals surface area (Å²) in [6.07, 6.45) is 2.06. The minimum absolute atomic E-state index is 0.0263. The van der Waals surface area contributed by atoms with Crippen LogP contribution in [0.2, 0.25) is 0 Å². The lowest BCUT2D eigenvalue weighted by molar-refractivity contribution is -0.172. The maximum atomic E-state index is 14.7. The number of hydrogen-bond acceptors (Lipinski definition) is 5. The summed E-state index contributed by atoms with van der Waals surface area (Å²) in [7, 11) is 0. The Hall–Kier alpha value is -3.93. The van der Waals surface area contributed by atoms with Gasteiger partial charge in [-0.2, -0.15) is 13.2 Å². The maximum absolute atomic E-state index is 14.7. The summed E-state index contributed by atoms with van der Waals surface area (Å²) in [5.74, 6) is -5.98. The third-order valence-electron chi connectivity index (χ3n) is 8.96. The molecule has 2 aromatic heterocycles. The van der Waals surface area contributed by atoms with Crippen molar-refractivity contribution in [3.8, 4) is 0 Å². The second-order valence-electron chi connectivity index (χ2n) is 11.6. The normalized spacial score (nSPS) is 26.7. The van der Waals surface area contributed by atoms with Crippen molar-refractivity contribution < 1.29 is 36.2 Å². The number of rotatable bonds is 5. The van der Waals surface area contributed by atoms with E-state index in [1.807, 2.05) is 18.2 Å². The highest BCUT2D eigenvalue weighted by molar-refractivity contribution is 5.81. The number of anilines is 1. The van der Waals surface area contributed by atoms with Crippen LogP contribution in [-0.2, 0) is 23.1 Å². The van der Waals surface area contributed by atoms with Crippen LogP contribution in [0.25, 0.3) is 6.08 Å². The van der Waals surface area contributed by atoms with Crippen molar-refractivity contribution in [2.75, 3.05) is 11.9 Å². The SMILES string of the molecule is CC1C(c2cc(F)cc(F)c2F)CC(C/C=C/c2cnc3c(c2)C[C@]2(C3)c3cccnc3NC2O)C(=O)N1CC(F)(F)F. The third-order valence-corrected chi connectivity index (χ3v) is 8.96. The average molecular weight is 603 g/mol. The zero-order valence-corrected chi connectivity index (χ0v) is 23.0. The second kappa shape index (κ2) is 10.7. The number of benzene rings is 1. The van der Waals surface area contributed by atoms with Crippen LogP contribution in [-0.4, -0.2) is 50.9 Å². The number of nitrogens with one attached hydrogen (secondary N) is 1. The molecule has 1 spiro atoms. The van der Waals surface area contributed by atoms with Gasteiger partial charge in [0, 0.05) is 54.0 Å². The molecule has 4 unspecified atom stereocenters. The van der Waals surface area contributed by atoms with E-state index in [9.17, 15) is 36.2 Å². The Morgan fingerprint density at radius 2 is 1.95 bits per heavy atom. The number of halogens is 6. The van der Waals surface area contributed by atoms with E-state index in [4.69, 9.17) is 0 Å². The average Bonchev–Trinajstić information content (AvgIpc) is 3.46. The largest absolute Gasteiger partial charge is 0.406 e. The fraction of sp³-hybridized carbons (Fsp3) is 0.387. The topological polar surface area (TPSA) is 78.4 Å². The first-order chi connectivity index (χ1) is 20.4. The van der Waals surface area contributed by atoms with Gasteiger partial charge >= 0.3 is 6.18 Å². The number of nitrogens with zero attached hydrogens (tertiary/aromatic N) is 3. The highest BCUT2D eigenvalue weighted by Crippen LogP contribution is 2.48. The molecule has 4 heterocycles. The number of likely N-dealkylation sites (tertiary alicyclic amines) is 1. The van der Waals surface area contributed by atoms with E-state index in [0.717, 1.165) is 22.9 Å². The summed E-state index contributed by atoms with van der Waals surface area (Å²) in [5, 5.41) is 13.9. The van der Waals surface area contributed by atoms with Gasteiger partial charge in [0.2, 0.25) is 5.91 Å². The van der Waals surface area contributed by atoms with Gasteiger partial charge in [-0.15, -0.1) is 0 Å². The van der Waals surface area contributed by atoms with Crippen LogP contribution < -0.4 is 5.32 Å². The molecule has 6 nitrogen and oxygen atoms in total. The molecule has 12 heteroatoms. The Kier molecular flexibility index (Phi) is 7.22. The Labute approximate surface area is 243 Å². The summed E-state index contributed by atoms with van der Waals surface area (Å²) >= 11 is 0. The Balaban J connectivity index is 1.23. The van der Waals surface area contributed by atoms with Gasteiger partial charge in [-0.25, -0.2) is 18.2 Å². The number of hydrogen-bond donors (Lipinski definition) is 2. The molecule has 1 aromatic carbocycles. The fourth-order valence-electron chi connectivity index (χ4n) is 6.85. The number of fused-ring (bicyclic) bond motifs is 3. The minimum Gasteiger partial charge on any atom is -0.373 e. The molecular formula is C31H28F6N4O2. The highest BCUT2D eigenvalue weighted by Gasteiger charge is 2.51. The number of amides is 1. The molecule has 3 aliphatic rings. The number of carbonyl (C=O) groups excluding carboxylic acids is 1. The van der Waals surface area contributed by atoms with Crippen LogP contribution in [0.3, 0.4) is 0 Å². The predicted molar refractivity (Wildman–Crippen MR) is 145 cm³/mol. The zero-order valence-electron chi connectivity index (χ0n) is 23.0. The van der Waals surface area contributed by atoms with Gasteiger partial charge in [0.05, 0.1) is 5.41 Å². The summed E-state index contributed by atoms with van der Waals surface area (Å²) in [6, 6.07) is 5.68. The molecule has 1 saturated heterocycles. The molecule has 0 bridgehead atoms. The highest BCUT2D eigenvalue weighted by atomic mass is 19.4. The summed E-state index contributed by atoms with van der Waals surface area (Å²) < 4.78 is 83.0. The number of allylic oxidation sites excluding steroid dienone is 1. The van der Waals surface area contributed by atoms with Crippen molar-refractivity contribution in [3.05, 3.63) is 94.2 Å². The molecule has 1 fully saturated rings. The molecule has 3 aromatic rings. The van der Waals surface area contributed by atoms with Gasteiger partial charge in [-0.1, -0.05) is 18.2 Å². The predicted octanol–water partition coefficient (Wildman–Crippen LogP) is 5.66. The third kappa shape index (κ3) is 5.26. The molecule has 1 aliphatic carbocycles. The molecule has 43 heavy (non-hydrogen) atoms. The lowest BCUT2D eigenvalue weighted by Crippen LogP contribution is -2.53. The van der Waals surface area contributed by atoms with Crippen LogP contribution in [0.4, 0.5) is 32.2 Å². The summed E-state index contributed by atoms with van der Waals surface area (Å²) in [6.45, 7) is -0.226. The van der Waals surface area contributed by atoms with E-state index < -0.39 is 71.2 Å². The quantitative estimate of drug-likeness (QED) is 0.291. The molecular weight excluding hydrogens is 574 g/mol. The van der Waals surface area contributed by atoms with E-state index in [-0.39, 0.29) is 12.8 Å². The van der Waals surface area contributed by atoms with E-state index >= 15 is 0 Å². The van der Waals surface area contributed by atoms with Crippen molar-refractivity contribution in [1.29, 1.82) is 0 Å². The maximum Gasteiger partial charge on any atom is 0.406 e. The van der Waals surface area contributed by atoms with Gasteiger partial charge in [0.15, 0.2) is 11.6 Å². The Bertz CT molecular complexity index is 1610. The number of alkyl halides is 3. The van der Waals surface area contributed by atoms with Crippen LogP contribution in [0.1, 0.15) is 53.6 Å². The molecule has 226 valence electrons. The molecule has 6 rings (SSSR count). The van der Waals surface area contributed by atoms with E-state index in [2.05, 4.69) is 15.3 Å². The minimum atomic E-state index is -4.72. The monoisotopic (exact) mass is 602 g/mol. The van der Waals surface area contributed by atoms with Crippen LogP contribution in [0.15, 0.2) is 48.8 Å². The van der Waals surface area contributed by atoms with E-state index in [0.29, 0.717) is 35.2 Å². The number of carbonyl (C=O) groups is 1. The first kappa shape index (κ1) is 29.2. The van der Waals surface area contributed by atoms with Crippen LogP contribution in [0, 0.1) is 23.4 Å². The van der Waals surface area contributed by atoms with Crippen molar-refractivity contribution in [3.63, 3.8) is 0 Å². The molecule has 2 N–H and O–H groups in total. The zero-order chi connectivity index (χ0) is 30.7. The smallest absolute Gasteiger partial charge is 0.373 e. The first-order valence-electron chi connectivity index (χ1n) is 13.9. The molecule has 2 aliphatic heterocycles. The fourth-order valence-corrected chi connectivity index (χ4v) is 6.85. The summed E-state index contributed by atoms with van der Waals surface area (Å²) in [5.41, 5.74) is 2.38. The number of pyridine rings is 2. The van der Waals surface area contributed by atoms with Gasteiger partial charge < -0.3 is 15.3 Å².